The molecule has 0 radical (unpaired) electrons. The highest BCUT2D eigenvalue weighted by atomic mass is 28.4. The number of rotatable bonds is 8. The molecule has 0 aromatic heterocycles. The molecule has 3 rings (SSSR count). The van der Waals surface area contributed by atoms with Crippen LogP contribution < -0.4 is 10.6 Å². The molecule has 0 unspecified atom stereocenters. The highest BCUT2D eigenvalue weighted by molar-refractivity contribution is 6.72. The fourth-order valence-corrected chi connectivity index (χ4v) is 7.62. The van der Waals surface area contributed by atoms with Crippen molar-refractivity contribution in [2.45, 2.75) is 75.9 Å². The lowest BCUT2D eigenvalue weighted by Crippen LogP contribution is -2.36. The third-order valence-electron chi connectivity index (χ3n) is 6.40. The molecule has 2 saturated heterocycles. The average Bonchev–Trinajstić information content (AvgIpc) is 3.28. The third-order valence-corrected chi connectivity index (χ3v) is 8.88. The molecular formula is C22H35FN2O3Si. The van der Waals surface area contributed by atoms with Crippen molar-refractivity contribution in [2.24, 2.45) is 5.92 Å². The van der Waals surface area contributed by atoms with E-state index in [-0.39, 0.29) is 42.2 Å². The van der Waals surface area contributed by atoms with Gasteiger partial charge in [-0.2, -0.15) is 0 Å². The molecule has 0 aliphatic carbocycles. The molecule has 2 fully saturated rings. The number of benzene rings is 1. The summed E-state index contributed by atoms with van der Waals surface area (Å²) < 4.78 is 21.1. The van der Waals surface area contributed by atoms with Gasteiger partial charge < -0.3 is 24.6 Å². The molecule has 1 aromatic rings. The van der Waals surface area contributed by atoms with Crippen molar-refractivity contribution in [3.63, 3.8) is 0 Å². The molecule has 0 saturated carbocycles. The normalized spacial score (nSPS) is 29.9. The standard InChI is InChI=1S/C22H35FN2O3Si/c1-15-19(28-20(11-13-26)21(15)29(2,3)23)10-9-16-6-4-7-17(14-16)25-22(27)18-8-5-12-24-18/h4,6-7,14-15,18-21,24,26H,5,8-13H2,1-3H3,(H,25,27)/t15-,18-,19+,20-,21+/m1/s1. The number of nitrogens with one attached hydrogen (secondary N) is 2. The molecule has 29 heavy (non-hydrogen) atoms. The number of anilines is 1. The summed E-state index contributed by atoms with van der Waals surface area (Å²) in [6.07, 6.45) is 3.86. The van der Waals surface area contributed by atoms with Gasteiger partial charge in [-0.1, -0.05) is 19.1 Å². The van der Waals surface area contributed by atoms with Gasteiger partial charge in [0.2, 0.25) is 14.3 Å². The number of halogens is 1. The lowest BCUT2D eigenvalue weighted by atomic mass is 9.95. The molecule has 2 aliphatic heterocycles. The van der Waals surface area contributed by atoms with E-state index in [1.807, 2.05) is 18.2 Å². The summed E-state index contributed by atoms with van der Waals surface area (Å²) in [5.74, 6) is 0.173. The minimum absolute atomic E-state index is 0.0000103. The van der Waals surface area contributed by atoms with E-state index in [1.165, 1.54) is 0 Å². The summed E-state index contributed by atoms with van der Waals surface area (Å²) in [7, 11) is -2.87. The van der Waals surface area contributed by atoms with Crippen LogP contribution in [0.4, 0.5) is 9.80 Å². The van der Waals surface area contributed by atoms with Gasteiger partial charge in [0.1, 0.15) is 0 Å². The Hall–Kier alpha value is -1.28. The molecular weight excluding hydrogens is 387 g/mol. The number of carbonyl (C=O) groups is 1. The van der Waals surface area contributed by atoms with Crippen molar-refractivity contribution in [3.8, 4) is 0 Å². The van der Waals surface area contributed by atoms with Crippen LogP contribution in [-0.4, -0.2) is 50.8 Å². The maximum atomic E-state index is 14.9. The fourth-order valence-electron chi connectivity index (χ4n) is 5.03. The zero-order valence-corrected chi connectivity index (χ0v) is 18.8. The van der Waals surface area contributed by atoms with E-state index < -0.39 is 8.41 Å². The van der Waals surface area contributed by atoms with Crippen LogP contribution in [0, 0.1) is 5.92 Å². The highest BCUT2D eigenvalue weighted by Crippen LogP contribution is 2.46. The molecule has 3 N–H and O–H groups in total. The zero-order valence-electron chi connectivity index (χ0n) is 17.8. The first kappa shape index (κ1) is 22.4. The van der Waals surface area contributed by atoms with E-state index in [1.54, 1.807) is 13.1 Å². The Morgan fingerprint density at radius 3 is 2.79 bits per heavy atom. The van der Waals surface area contributed by atoms with Gasteiger partial charge >= 0.3 is 0 Å². The first-order valence-corrected chi connectivity index (χ1v) is 13.8. The largest absolute Gasteiger partial charge is 0.396 e. The number of aliphatic hydroxyl groups excluding tert-OH is 1. The fraction of sp³-hybridized carbons (Fsp3) is 0.682. The number of aryl methyl sites for hydroxylation is 1. The molecule has 2 aliphatic rings. The van der Waals surface area contributed by atoms with Crippen LogP contribution in [-0.2, 0) is 16.0 Å². The van der Waals surface area contributed by atoms with Gasteiger partial charge in [0.05, 0.1) is 18.2 Å². The van der Waals surface area contributed by atoms with Gasteiger partial charge in [-0.3, -0.25) is 4.79 Å². The van der Waals surface area contributed by atoms with E-state index >= 15 is 0 Å². The van der Waals surface area contributed by atoms with Crippen molar-refractivity contribution < 1.29 is 18.7 Å². The quantitative estimate of drug-likeness (QED) is 0.442. The Balaban J connectivity index is 1.58. The van der Waals surface area contributed by atoms with E-state index in [0.29, 0.717) is 6.42 Å². The smallest absolute Gasteiger partial charge is 0.246 e. The summed E-state index contributed by atoms with van der Waals surface area (Å²) >= 11 is 0. The predicted molar refractivity (Wildman–Crippen MR) is 116 cm³/mol. The van der Waals surface area contributed by atoms with Crippen LogP contribution in [0.3, 0.4) is 0 Å². The van der Waals surface area contributed by atoms with Crippen LogP contribution in [0.1, 0.15) is 38.2 Å². The van der Waals surface area contributed by atoms with Gasteiger partial charge in [0, 0.05) is 17.8 Å². The molecule has 0 bridgehead atoms. The molecule has 5 nitrogen and oxygen atoms in total. The SMILES string of the molecule is C[C@H]1[C@H]([Si](C)(C)F)[C@@H](CCO)O[C@H]1CCc1cccc(NC(=O)[C@H]2CCCN2)c1. The Morgan fingerprint density at radius 2 is 2.14 bits per heavy atom. The molecule has 1 amide bonds. The Kier molecular flexibility index (Phi) is 7.48. The Labute approximate surface area is 174 Å². The second-order valence-corrected chi connectivity index (χ2v) is 12.8. The van der Waals surface area contributed by atoms with E-state index in [9.17, 15) is 14.0 Å². The van der Waals surface area contributed by atoms with E-state index in [2.05, 4.69) is 23.6 Å². The van der Waals surface area contributed by atoms with Gasteiger partial charge in [-0.15, -0.1) is 0 Å². The average molecular weight is 423 g/mol. The number of hydrogen-bond donors (Lipinski definition) is 3. The molecule has 1 aromatic carbocycles. The van der Waals surface area contributed by atoms with Crippen molar-refractivity contribution in [3.05, 3.63) is 29.8 Å². The summed E-state index contributed by atoms with van der Waals surface area (Å²) in [5, 5.41) is 15.6. The lowest BCUT2D eigenvalue weighted by Gasteiger charge is -2.28. The summed E-state index contributed by atoms with van der Waals surface area (Å²) in [6, 6.07) is 7.85. The van der Waals surface area contributed by atoms with Crippen LogP contribution in [0.25, 0.3) is 0 Å². The number of ether oxygens (including phenoxy) is 1. The van der Waals surface area contributed by atoms with Gasteiger partial charge in [0.15, 0.2) is 0 Å². The maximum Gasteiger partial charge on any atom is 0.246 e. The molecule has 162 valence electrons. The van der Waals surface area contributed by atoms with Crippen molar-refractivity contribution >= 4 is 20.0 Å². The van der Waals surface area contributed by atoms with Gasteiger partial charge in [-0.25, -0.2) is 0 Å². The van der Waals surface area contributed by atoms with E-state index in [0.717, 1.165) is 43.5 Å². The highest BCUT2D eigenvalue weighted by Gasteiger charge is 2.50. The molecule has 7 heteroatoms. The van der Waals surface area contributed by atoms with Gasteiger partial charge in [0.25, 0.3) is 0 Å². The first-order chi connectivity index (χ1) is 13.8. The minimum Gasteiger partial charge on any atom is -0.396 e. The molecule has 5 atom stereocenters. The summed E-state index contributed by atoms with van der Waals surface area (Å²) in [5.41, 5.74) is 1.87. The van der Waals surface area contributed by atoms with Crippen molar-refractivity contribution in [1.29, 1.82) is 0 Å². The molecule has 2 heterocycles. The number of carbonyl (C=O) groups excluding carboxylic acids is 1. The predicted octanol–water partition coefficient (Wildman–Crippen LogP) is 3.64. The van der Waals surface area contributed by atoms with E-state index in [4.69, 9.17) is 4.74 Å². The van der Waals surface area contributed by atoms with Crippen molar-refractivity contribution in [2.75, 3.05) is 18.5 Å². The third kappa shape index (κ3) is 5.66. The number of aliphatic hydroxyl groups is 1. The Morgan fingerprint density at radius 1 is 1.34 bits per heavy atom. The lowest BCUT2D eigenvalue weighted by molar-refractivity contribution is -0.117. The Bertz CT molecular complexity index is 691. The number of amides is 1. The van der Waals surface area contributed by atoms with Crippen LogP contribution in [0.5, 0.6) is 0 Å². The van der Waals surface area contributed by atoms with Crippen molar-refractivity contribution in [1.82, 2.24) is 5.32 Å². The molecule has 0 spiro atoms. The van der Waals surface area contributed by atoms with Crippen LogP contribution in [0.15, 0.2) is 24.3 Å². The van der Waals surface area contributed by atoms with Gasteiger partial charge in [-0.05, 0) is 75.4 Å². The topological polar surface area (TPSA) is 70.6 Å². The summed E-state index contributed by atoms with van der Waals surface area (Å²) in [4.78, 5) is 12.3. The zero-order chi connectivity index (χ0) is 21.0. The second kappa shape index (κ2) is 9.68. The first-order valence-electron chi connectivity index (χ1n) is 10.9. The summed E-state index contributed by atoms with van der Waals surface area (Å²) in [6.45, 7) is 6.51. The minimum atomic E-state index is -2.87. The number of hydrogen-bond acceptors (Lipinski definition) is 4. The maximum absolute atomic E-state index is 14.9. The second-order valence-electron chi connectivity index (χ2n) is 9.05. The van der Waals surface area contributed by atoms with Crippen LogP contribution in [0.2, 0.25) is 18.6 Å². The monoisotopic (exact) mass is 422 g/mol. The van der Waals surface area contributed by atoms with Crippen LogP contribution >= 0.6 is 0 Å².